The molecule has 0 aliphatic carbocycles. The molecule has 0 spiro atoms. The average Bonchev–Trinajstić information content (AvgIpc) is 2.13. The smallest absolute Gasteiger partial charge is 0.173 e. The summed E-state index contributed by atoms with van der Waals surface area (Å²) >= 11 is 0. The highest BCUT2D eigenvalue weighted by Gasteiger charge is 2.29. The second-order valence-electron chi connectivity index (χ2n) is 7.63. The lowest BCUT2D eigenvalue weighted by molar-refractivity contribution is 0.184. The van der Waals surface area contributed by atoms with E-state index in [1.54, 1.807) is 0 Å². The van der Waals surface area contributed by atoms with E-state index < -0.39 is 16.6 Å². The Kier molecular flexibility index (Phi) is 6.09. The molecule has 108 valence electrons. The van der Waals surface area contributed by atoms with Crippen LogP contribution in [0.25, 0.3) is 0 Å². The third-order valence-corrected chi connectivity index (χ3v) is 9.79. The molecule has 1 saturated heterocycles. The highest BCUT2D eigenvalue weighted by molar-refractivity contribution is 6.84. The summed E-state index contributed by atoms with van der Waals surface area (Å²) in [5, 5.41) is 0. The molecule has 0 saturated carbocycles. The van der Waals surface area contributed by atoms with Crippen LogP contribution in [0.2, 0.25) is 38.8 Å². The van der Waals surface area contributed by atoms with Gasteiger partial charge in [-0.2, -0.15) is 0 Å². The van der Waals surface area contributed by atoms with Crippen LogP contribution in [-0.2, 0) is 4.12 Å². The van der Waals surface area contributed by atoms with E-state index in [0.29, 0.717) is 0 Å². The van der Waals surface area contributed by atoms with Crippen molar-refractivity contribution in [3.63, 3.8) is 0 Å². The Morgan fingerprint density at radius 1 is 1.17 bits per heavy atom. The molecule has 1 aliphatic heterocycles. The maximum absolute atomic E-state index is 6.39. The number of likely N-dealkylation sites (tertiary alicyclic amines) is 1. The molecule has 1 unspecified atom stereocenters. The van der Waals surface area contributed by atoms with E-state index in [-0.39, 0.29) is 0 Å². The molecule has 1 heterocycles. The number of piperidine rings is 1. The van der Waals surface area contributed by atoms with E-state index in [9.17, 15) is 0 Å². The van der Waals surface area contributed by atoms with Crippen LogP contribution in [-0.4, -0.2) is 41.2 Å². The van der Waals surface area contributed by atoms with Gasteiger partial charge < -0.3 is 9.02 Å². The molecule has 1 fully saturated rings. The lowest BCUT2D eigenvalue weighted by Crippen LogP contribution is -2.43. The van der Waals surface area contributed by atoms with E-state index in [0.717, 1.165) is 5.92 Å². The van der Waals surface area contributed by atoms with Crippen molar-refractivity contribution < 1.29 is 4.12 Å². The Bertz CT molecular complexity index is 251. The summed E-state index contributed by atoms with van der Waals surface area (Å²) in [6.45, 7) is 18.0. The summed E-state index contributed by atoms with van der Waals surface area (Å²) in [6, 6.07) is 1.32. The first-order valence-electron chi connectivity index (χ1n) is 7.60. The first kappa shape index (κ1) is 16.4. The van der Waals surface area contributed by atoms with Crippen LogP contribution in [0.4, 0.5) is 0 Å². The number of rotatable bonds is 6. The molecule has 0 aromatic carbocycles. The normalized spacial score (nSPS) is 23.3. The molecule has 2 nitrogen and oxygen atoms in total. The zero-order valence-corrected chi connectivity index (χ0v) is 15.4. The van der Waals surface area contributed by atoms with Crippen molar-refractivity contribution in [1.82, 2.24) is 4.90 Å². The molecule has 4 heteroatoms. The van der Waals surface area contributed by atoms with Crippen molar-refractivity contribution in [3.8, 4) is 0 Å². The Morgan fingerprint density at radius 2 is 1.83 bits per heavy atom. The first-order valence-corrected chi connectivity index (χ1v) is 14.1. The van der Waals surface area contributed by atoms with Crippen molar-refractivity contribution in [2.45, 2.75) is 65.0 Å². The summed E-state index contributed by atoms with van der Waals surface area (Å²) in [5.41, 5.74) is 0. The average molecular weight is 288 g/mol. The number of nitrogens with zero attached hydrogens (tertiary/aromatic N) is 1. The Morgan fingerprint density at radius 3 is 2.39 bits per heavy atom. The molecule has 0 aromatic heterocycles. The largest absolute Gasteiger partial charge is 0.456 e. The monoisotopic (exact) mass is 287 g/mol. The van der Waals surface area contributed by atoms with Gasteiger partial charge in [-0.15, -0.1) is 0 Å². The van der Waals surface area contributed by atoms with Gasteiger partial charge in [-0.05, 0) is 77.0 Å². The minimum Gasteiger partial charge on any atom is -0.456 e. The lowest BCUT2D eigenvalue weighted by Gasteiger charge is -2.34. The van der Waals surface area contributed by atoms with E-state index in [1.165, 1.54) is 44.9 Å². The summed E-state index contributed by atoms with van der Waals surface area (Å²) in [4.78, 5) is 2.66. The second-order valence-corrected chi connectivity index (χ2v) is 16.7. The minimum absolute atomic E-state index is 0.905. The molecule has 0 aromatic rings. The van der Waals surface area contributed by atoms with Gasteiger partial charge in [0.1, 0.15) is 0 Å². The molecule has 18 heavy (non-hydrogen) atoms. The highest BCUT2D eigenvalue weighted by Crippen LogP contribution is 2.21. The SMILES string of the molecule is CC1CCCN(CCC[Si](C)(C)O[Si](C)(C)C)C1. The van der Waals surface area contributed by atoms with Crippen LogP contribution < -0.4 is 0 Å². The van der Waals surface area contributed by atoms with Gasteiger partial charge in [-0.1, -0.05) is 6.92 Å². The fourth-order valence-electron chi connectivity index (χ4n) is 3.10. The van der Waals surface area contributed by atoms with E-state index in [4.69, 9.17) is 4.12 Å². The van der Waals surface area contributed by atoms with Gasteiger partial charge in [0.15, 0.2) is 16.6 Å². The van der Waals surface area contributed by atoms with Crippen LogP contribution in [0.5, 0.6) is 0 Å². The zero-order chi connectivity index (χ0) is 13.8. The highest BCUT2D eigenvalue weighted by atomic mass is 28.4. The third-order valence-electron chi connectivity index (χ3n) is 3.58. The summed E-state index contributed by atoms with van der Waals surface area (Å²) < 4.78 is 6.39. The lowest BCUT2D eigenvalue weighted by atomic mass is 10.0. The molecule has 0 amide bonds. The van der Waals surface area contributed by atoms with Crippen molar-refractivity contribution in [1.29, 1.82) is 0 Å². The minimum atomic E-state index is -1.41. The van der Waals surface area contributed by atoms with Crippen molar-refractivity contribution in [3.05, 3.63) is 0 Å². The first-order chi connectivity index (χ1) is 8.18. The van der Waals surface area contributed by atoms with Gasteiger partial charge in [0.05, 0.1) is 0 Å². The summed E-state index contributed by atoms with van der Waals surface area (Å²) in [6.07, 6.45) is 4.15. The van der Waals surface area contributed by atoms with Crippen molar-refractivity contribution in [2.75, 3.05) is 19.6 Å². The molecule has 1 atom stereocenters. The quantitative estimate of drug-likeness (QED) is 0.680. The van der Waals surface area contributed by atoms with Crippen LogP contribution in [0, 0.1) is 5.92 Å². The van der Waals surface area contributed by atoms with Gasteiger partial charge in [0.2, 0.25) is 0 Å². The van der Waals surface area contributed by atoms with Gasteiger partial charge in [0.25, 0.3) is 0 Å². The summed E-state index contributed by atoms with van der Waals surface area (Å²) in [7, 11) is -2.75. The fraction of sp³-hybridized carbons (Fsp3) is 1.00. The van der Waals surface area contributed by atoms with Gasteiger partial charge in [-0.3, -0.25) is 0 Å². The van der Waals surface area contributed by atoms with Crippen LogP contribution >= 0.6 is 0 Å². The predicted molar refractivity (Wildman–Crippen MR) is 86.2 cm³/mol. The number of hydrogen-bond acceptors (Lipinski definition) is 2. The number of hydrogen-bond donors (Lipinski definition) is 0. The molecular formula is C14H33NOSi2. The van der Waals surface area contributed by atoms with Crippen LogP contribution in [0.3, 0.4) is 0 Å². The molecule has 0 bridgehead atoms. The standard InChI is InChI=1S/C14H33NOSi2/c1-14-9-7-10-15(13-14)11-8-12-18(5,6)16-17(2,3)4/h14H,7-13H2,1-6H3. The third kappa shape index (κ3) is 7.07. The topological polar surface area (TPSA) is 12.5 Å². The summed E-state index contributed by atoms with van der Waals surface area (Å²) in [5.74, 6) is 0.905. The fourth-order valence-corrected chi connectivity index (χ4v) is 11.1. The van der Waals surface area contributed by atoms with Gasteiger partial charge in [-0.25, -0.2) is 0 Å². The van der Waals surface area contributed by atoms with E-state index >= 15 is 0 Å². The predicted octanol–water partition coefficient (Wildman–Crippen LogP) is 4.17. The van der Waals surface area contributed by atoms with Crippen LogP contribution in [0.1, 0.15) is 26.2 Å². The molecular weight excluding hydrogens is 254 g/mol. The van der Waals surface area contributed by atoms with Gasteiger partial charge in [0, 0.05) is 6.54 Å². The Hall–Kier alpha value is 0.354. The van der Waals surface area contributed by atoms with Gasteiger partial charge >= 0.3 is 0 Å². The second kappa shape index (κ2) is 6.68. The van der Waals surface area contributed by atoms with Crippen molar-refractivity contribution >= 4 is 16.6 Å². The molecule has 0 radical (unpaired) electrons. The van der Waals surface area contributed by atoms with E-state index in [2.05, 4.69) is 44.6 Å². The molecule has 1 rings (SSSR count). The molecule has 1 aliphatic rings. The van der Waals surface area contributed by atoms with Crippen molar-refractivity contribution in [2.24, 2.45) is 5.92 Å². The Labute approximate surface area is 116 Å². The van der Waals surface area contributed by atoms with E-state index in [1.807, 2.05) is 0 Å². The maximum Gasteiger partial charge on any atom is 0.173 e. The maximum atomic E-state index is 6.39. The molecule has 0 N–H and O–H groups in total. The van der Waals surface area contributed by atoms with Crippen LogP contribution in [0.15, 0.2) is 0 Å². The zero-order valence-electron chi connectivity index (χ0n) is 13.4. The Balaban J connectivity index is 2.23.